The van der Waals surface area contributed by atoms with Crippen molar-refractivity contribution in [3.05, 3.63) is 35.9 Å². The average Bonchev–Trinajstić information content (AvgIpc) is 2.54. The summed E-state index contributed by atoms with van der Waals surface area (Å²) in [5.41, 5.74) is 1.21. The van der Waals surface area contributed by atoms with Gasteiger partial charge in [0.05, 0.1) is 0 Å². The van der Waals surface area contributed by atoms with E-state index in [0.717, 1.165) is 0 Å². The van der Waals surface area contributed by atoms with Crippen molar-refractivity contribution in [2.45, 2.75) is 6.04 Å². The number of aliphatic imine (C=N–C) groups is 1. The molecule has 61 valence electrons. The van der Waals surface area contributed by atoms with Crippen LogP contribution in [0.1, 0.15) is 11.6 Å². The van der Waals surface area contributed by atoms with Crippen molar-refractivity contribution in [1.82, 2.24) is 0 Å². The molecule has 1 aliphatic rings. The van der Waals surface area contributed by atoms with Gasteiger partial charge >= 0.3 is 79.1 Å². The fourth-order valence-corrected chi connectivity index (χ4v) is 1.61. The van der Waals surface area contributed by atoms with Gasteiger partial charge in [-0.25, -0.2) is 0 Å². The van der Waals surface area contributed by atoms with Gasteiger partial charge in [0, 0.05) is 0 Å². The van der Waals surface area contributed by atoms with Crippen LogP contribution in [-0.4, -0.2) is 27.4 Å². The summed E-state index contributed by atoms with van der Waals surface area (Å²) >= 11 is 2.77. The van der Waals surface area contributed by atoms with E-state index in [9.17, 15) is 0 Å². The number of rotatable bonds is 1. The Morgan fingerprint density at radius 1 is 1.33 bits per heavy atom. The molecule has 0 N–H and O–H groups in total. The zero-order valence-electron chi connectivity index (χ0n) is 6.43. The number of benzene rings is 1. The van der Waals surface area contributed by atoms with E-state index in [1.54, 1.807) is 0 Å². The van der Waals surface area contributed by atoms with E-state index < -0.39 is 0 Å². The Morgan fingerprint density at radius 2 is 2.08 bits per heavy atom. The molecule has 1 aromatic carbocycles. The predicted molar refractivity (Wildman–Crippen MR) is 48.3 cm³/mol. The van der Waals surface area contributed by atoms with E-state index in [4.69, 9.17) is 4.74 Å². The zero-order valence-corrected chi connectivity index (χ0v) is 8.15. The van der Waals surface area contributed by atoms with Gasteiger partial charge in [0.25, 0.3) is 0 Å². The number of hydrogen-bond donors (Lipinski definition) is 0. The molecule has 0 aliphatic carbocycles. The standard InChI is InChI=1S/C9H8NOSe/c12-9-10-8(6-11-9)7-4-2-1-3-5-7/h1-5,8H,6H2. The summed E-state index contributed by atoms with van der Waals surface area (Å²) in [5.74, 6) is 0. The quantitative estimate of drug-likeness (QED) is 0.660. The molecular formula is C9H8NOSe. The minimum atomic E-state index is 0.183. The van der Waals surface area contributed by atoms with Crippen LogP contribution in [0, 0.1) is 0 Å². The van der Waals surface area contributed by atoms with Crippen molar-refractivity contribution >= 4 is 20.8 Å². The Morgan fingerprint density at radius 3 is 2.67 bits per heavy atom. The first-order valence-corrected chi connectivity index (χ1v) is 4.64. The van der Waals surface area contributed by atoms with Crippen LogP contribution >= 0.6 is 0 Å². The maximum absolute atomic E-state index is 5.21. The van der Waals surface area contributed by atoms with Crippen molar-refractivity contribution in [2.24, 2.45) is 4.99 Å². The monoisotopic (exact) mass is 226 g/mol. The minimum absolute atomic E-state index is 0.183. The van der Waals surface area contributed by atoms with Crippen LogP contribution in [0.3, 0.4) is 0 Å². The summed E-state index contributed by atoms with van der Waals surface area (Å²) < 4.78 is 5.21. The molecule has 1 unspecified atom stereocenters. The molecule has 1 radical (unpaired) electrons. The molecule has 0 aromatic heterocycles. The second-order valence-electron chi connectivity index (χ2n) is 2.63. The molecule has 0 saturated carbocycles. The van der Waals surface area contributed by atoms with E-state index in [1.807, 2.05) is 18.2 Å². The van der Waals surface area contributed by atoms with Crippen LogP contribution in [-0.2, 0) is 4.74 Å². The molecule has 0 bridgehead atoms. The summed E-state index contributed by atoms with van der Waals surface area (Å²) in [7, 11) is 0. The molecular weight excluding hydrogens is 217 g/mol. The number of ether oxygens (including phenoxy) is 1. The summed E-state index contributed by atoms with van der Waals surface area (Å²) in [6.07, 6.45) is 0. The fourth-order valence-electron chi connectivity index (χ4n) is 1.20. The van der Waals surface area contributed by atoms with Crippen LogP contribution in [0.5, 0.6) is 0 Å². The van der Waals surface area contributed by atoms with Crippen molar-refractivity contribution in [3.63, 3.8) is 0 Å². The molecule has 1 heterocycles. The van der Waals surface area contributed by atoms with Crippen molar-refractivity contribution in [1.29, 1.82) is 0 Å². The molecule has 1 aliphatic heterocycles. The second-order valence-corrected chi connectivity index (χ2v) is 3.37. The Bertz CT molecular complexity index is 297. The van der Waals surface area contributed by atoms with Gasteiger partial charge in [-0.15, -0.1) is 0 Å². The Balaban J connectivity index is 2.22. The predicted octanol–water partition coefficient (Wildman–Crippen LogP) is 1.28. The van der Waals surface area contributed by atoms with E-state index in [0.29, 0.717) is 11.4 Å². The zero-order chi connectivity index (χ0) is 8.39. The normalized spacial score (nSPS) is 21.7. The molecule has 0 saturated heterocycles. The third kappa shape index (κ3) is 1.52. The maximum atomic E-state index is 5.21. The molecule has 1 atom stereocenters. The van der Waals surface area contributed by atoms with Crippen LogP contribution in [0.4, 0.5) is 0 Å². The van der Waals surface area contributed by atoms with Crippen molar-refractivity contribution in [3.8, 4) is 0 Å². The molecule has 2 rings (SSSR count). The Labute approximate surface area is 79.5 Å². The van der Waals surface area contributed by atoms with E-state index >= 15 is 0 Å². The van der Waals surface area contributed by atoms with Crippen LogP contribution in [0.15, 0.2) is 35.3 Å². The molecule has 2 nitrogen and oxygen atoms in total. The first kappa shape index (κ1) is 7.84. The van der Waals surface area contributed by atoms with Gasteiger partial charge in [-0.3, -0.25) is 0 Å². The topological polar surface area (TPSA) is 21.6 Å². The van der Waals surface area contributed by atoms with Crippen molar-refractivity contribution in [2.75, 3.05) is 6.61 Å². The van der Waals surface area contributed by atoms with Gasteiger partial charge in [-0.2, -0.15) is 0 Å². The Hall–Kier alpha value is -0.791. The fraction of sp³-hybridized carbons (Fsp3) is 0.222. The van der Waals surface area contributed by atoms with Gasteiger partial charge in [0.2, 0.25) is 0 Å². The number of nitrogens with zero attached hydrogens (tertiary/aromatic N) is 1. The Kier molecular flexibility index (Phi) is 2.15. The molecule has 1 aromatic rings. The second kappa shape index (κ2) is 3.30. The summed E-state index contributed by atoms with van der Waals surface area (Å²) in [4.78, 5) is 4.97. The van der Waals surface area contributed by atoms with Crippen LogP contribution in [0.2, 0.25) is 0 Å². The first-order chi connectivity index (χ1) is 5.86. The molecule has 0 amide bonds. The van der Waals surface area contributed by atoms with E-state index in [1.165, 1.54) is 5.56 Å². The van der Waals surface area contributed by atoms with Gasteiger partial charge in [-0.1, -0.05) is 0 Å². The van der Waals surface area contributed by atoms with E-state index in [2.05, 4.69) is 33.1 Å². The van der Waals surface area contributed by atoms with Crippen LogP contribution < -0.4 is 0 Å². The van der Waals surface area contributed by atoms with Gasteiger partial charge in [-0.05, 0) is 0 Å². The van der Waals surface area contributed by atoms with Gasteiger partial charge in [0.15, 0.2) is 0 Å². The summed E-state index contributed by atoms with van der Waals surface area (Å²) in [6.45, 7) is 0.659. The van der Waals surface area contributed by atoms with Gasteiger partial charge < -0.3 is 0 Å². The molecule has 0 fully saturated rings. The summed E-state index contributed by atoms with van der Waals surface area (Å²) in [5, 5.41) is 0. The number of hydrogen-bond acceptors (Lipinski definition) is 2. The average molecular weight is 225 g/mol. The summed E-state index contributed by atoms with van der Waals surface area (Å²) in [6, 6.07) is 10.3. The van der Waals surface area contributed by atoms with Crippen molar-refractivity contribution < 1.29 is 4.74 Å². The van der Waals surface area contributed by atoms with Gasteiger partial charge in [0.1, 0.15) is 0 Å². The van der Waals surface area contributed by atoms with Crippen LogP contribution in [0.25, 0.3) is 0 Å². The molecule has 3 heteroatoms. The SMILES string of the molecule is [Se]C1=NC(c2ccccc2)CO1. The molecule has 12 heavy (non-hydrogen) atoms. The third-order valence-electron chi connectivity index (χ3n) is 1.81. The van der Waals surface area contributed by atoms with E-state index in [-0.39, 0.29) is 6.04 Å². The first-order valence-electron chi connectivity index (χ1n) is 3.79. The third-order valence-corrected chi connectivity index (χ3v) is 2.28. The molecule has 0 spiro atoms.